The number of thiocarbonyl (C=S) groups is 1. The van der Waals surface area contributed by atoms with Crippen molar-refractivity contribution < 1.29 is 0 Å². The Labute approximate surface area is 132 Å². The quantitative estimate of drug-likeness (QED) is 0.657. The van der Waals surface area contributed by atoms with Gasteiger partial charge in [-0.05, 0) is 40.3 Å². The Morgan fingerprint density at radius 3 is 2.74 bits per heavy atom. The van der Waals surface area contributed by atoms with Crippen LogP contribution in [-0.4, -0.2) is 47.6 Å². The summed E-state index contributed by atoms with van der Waals surface area (Å²) >= 11 is 10.7. The Morgan fingerprint density at radius 2 is 2.16 bits per heavy atom. The summed E-state index contributed by atoms with van der Waals surface area (Å²) in [4.78, 5) is 6.12. The predicted molar refractivity (Wildman–Crippen MR) is 89.7 cm³/mol. The molecule has 0 aromatic carbocycles. The standard InChI is InChI=1S/C13H18BrN3S2/c1-2-5-15-13(18)17-8-6-16(7-9-17)10-11-3-4-12(14)19-11/h2-4H,1,5-10H2,(H,15,18). The molecule has 1 aromatic rings. The minimum atomic E-state index is 0.738. The van der Waals surface area contributed by atoms with Gasteiger partial charge >= 0.3 is 0 Å². The van der Waals surface area contributed by atoms with Gasteiger partial charge in [-0.2, -0.15) is 0 Å². The molecule has 2 heterocycles. The van der Waals surface area contributed by atoms with Crippen LogP contribution in [0.4, 0.5) is 0 Å². The van der Waals surface area contributed by atoms with Gasteiger partial charge < -0.3 is 10.2 Å². The molecule has 19 heavy (non-hydrogen) atoms. The van der Waals surface area contributed by atoms with E-state index in [0.29, 0.717) is 0 Å². The van der Waals surface area contributed by atoms with Gasteiger partial charge in [0, 0.05) is 44.1 Å². The first-order chi connectivity index (χ1) is 9.19. The highest BCUT2D eigenvalue weighted by Gasteiger charge is 2.18. The molecule has 1 aliphatic rings. The largest absolute Gasteiger partial charge is 0.359 e. The van der Waals surface area contributed by atoms with E-state index in [1.807, 2.05) is 17.4 Å². The van der Waals surface area contributed by atoms with Crippen LogP contribution in [-0.2, 0) is 6.54 Å². The van der Waals surface area contributed by atoms with Crippen LogP contribution in [0.1, 0.15) is 4.88 Å². The SMILES string of the molecule is C=CCNC(=S)N1CCN(Cc2ccc(Br)s2)CC1. The maximum absolute atomic E-state index is 5.36. The molecule has 1 N–H and O–H groups in total. The van der Waals surface area contributed by atoms with Crippen LogP contribution in [0.5, 0.6) is 0 Å². The van der Waals surface area contributed by atoms with E-state index < -0.39 is 0 Å². The summed E-state index contributed by atoms with van der Waals surface area (Å²) < 4.78 is 1.20. The molecule has 0 atom stereocenters. The average molecular weight is 360 g/mol. The molecular weight excluding hydrogens is 342 g/mol. The Kier molecular flexibility index (Phi) is 5.81. The second-order valence-electron chi connectivity index (χ2n) is 4.44. The van der Waals surface area contributed by atoms with Gasteiger partial charge in [-0.15, -0.1) is 17.9 Å². The molecule has 0 radical (unpaired) electrons. The van der Waals surface area contributed by atoms with Crippen LogP contribution in [0.2, 0.25) is 0 Å². The molecule has 0 unspecified atom stereocenters. The average Bonchev–Trinajstić information content (AvgIpc) is 2.82. The second kappa shape index (κ2) is 7.38. The first-order valence-electron chi connectivity index (χ1n) is 6.29. The van der Waals surface area contributed by atoms with Crippen LogP contribution < -0.4 is 5.32 Å². The number of nitrogens with one attached hydrogen (secondary N) is 1. The molecule has 0 spiro atoms. The maximum Gasteiger partial charge on any atom is 0.169 e. The summed E-state index contributed by atoms with van der Waals surface area (Å²) in [5.41, 5.74) is 0. The Balaban J connectivity index is 1.76. The first kappa shape index (κ1) is 15.0. The van der Waals surface area contributed by atoms with E-state index in [-0.39, 0.29) is 0 Å². The summed E-state index contributed by atoms with van der Waals surface area (Å²) in [5.74, 6) is 0. The van der Waals surface area contributed by atoms with Crippen LogP contribution in [0.25, 0.3) is 0 Å². The van der Waals surface area contributed by atoms with Crippen molar-refractivity contribution in [2.24, 2.45) is 0 Å². The van der Waals surface area contributed by atoms with Crippen molar-refractivity contribution in [3.63, 3.8) is 0 Å². The molecule has 1 fully saturated rings. The molecule has 1 aliphatic heterocycles. The van der Waals surface area contributed by atoms with Gasteiger partial charge in [-0.1, -0.05) is 6.08 Å². The minimum absolute atomic E-state index is 0.738. The molecular formula is C13H18BrN3S2. The van der Waals surface area contributed by atoms with E-state index in [9.17, 15) is 0 Å². The maximum atomic E-state index is 5.36. The van der Waals surface area contributed by atoms with Gasteiger partial charge in [0.05, 0.1) is 3.79 Å². The van der Waals surface area contributed by atoms with Crippen LogP contribution in [0.15, 0.2) is 28.6 Å². The molecule has 2 rings (SSSR count). The minimum Gasteiger partial charge on any atom is -0.359 e. The monoisotopic (exact) mass is 359 g/mol. The van der Waals surface area contributed by atoms with Crippen molar-refractivity contribution in [3.8, 4) is 0 Å². The fourth-order valence-electron chi connectivity index (χ4n) is 2.04. The third-order valence-corrected chi connectivity index (χ3v) is 5.08. The van der Waals surface area contributed by atoms with Gasteiger partial charge in [0.25, 0.3) is 0 Å². The molecule has 1 saturated heterocycles. The second-order valence-corrected chi connectivity index (χ2v) is 7.38. The summed E-state index contributed by atoms with van der Waals surface area (Å²) in [6, 6.07) is 4.31. The third-order valence-electron chi connectivity index (χ3n) is 3.07. The van der Waals surface area contributed by atoms with Gasteiger partial charge in [-0.3, -0.25) is 4.90 Å². The molecule has 3 nitrogen and oxygen atoms in total. The lowest BCUT2D eigenvalue weighted by Gasteiger charge is -2.35. The lowest BCUT2D eigenvalue weighted by Crippen LogP contribution is -2.51. The van der Waals surface area contributed by atoms with Gasteiger partial charge in [-0.25, -0.2) is 0 Å². The van der Waals surface area contributed by atoms with Crippen molar-refractivity contribution in [1.29, 1.82) is 0 Å². The van der Waals surface area contributed by atoms with E-state index in [1.54, 1.807) is 0 Å². The van der Waals surface area contributed by atoms with Crippen molar-refractivity contribution >= 4 is 44.6 Å². The van der Waals surface area contributed by atoms with Crippen molar-refractivity contribution in [3.05, 3.63) is 33.5 Å². The van der Waals surface area contributed by atoms with E-state index in [1.165, 1.54) is 8.66 Å². The number of hydrogen-bond donors (Lipinski definition) is 1. The zero-order chi connectivity index (χ0) is 13.7. The fraction of sp³-hybridized carbons (Fsp3) is 0.462. The number of hydrogen-bond acceptors (Lipinski definition) is 3. The van der Waals surface area contributed by atoms with E-state index >= 15 is 0 Å². The van der Waals surface area contributed by atoms with E-state index in [4.69, 9.17) is 12.2 Å². The number of halogens is 1. The first-order valence-corrected chi connectivity index (χ1v) is 8.31. The summed E-state index contributed by atoms with van der Waals surface area (Å²) in [5, 5.41) is 4.03. The molecule has 0 bridgehead atoms. The van der Waals surface area contributed by atoms with E-state index in [2.05, 4.69) is 49.8 Å². The lowest BCUT2D eigenvalue weighted by atomic mass is 10.3. The highest BCUT2D eigenvalue weighted by atomic mass is 79.9. The smallest absolute Gasteiger partial charge is 0.169 e. The topological polar surface area (TPSA) is 18.5 Å². The predicted octanol–water partition coefficient (Wildman–Crippen LogP) is 2.69. The van der Waals surface area contributed by atoms with E-state index in [0.717, 1.165) is 44.4 Å². The summed E-state index contributed by atoms with van der Waals surface area (Å²) in [6.45, 7) is 9.58. The lowest BCUT2D eigenvalue weighted by molar-refractivity contribution is 0.176. The molecule has 104 valence electrons. The highest BCUT2D eigenvalue weighted by molar-refractivity contribution is 9.11. The van der Waals surface area contributed by atoms with Crippen LogP contribution >= 0.6 is 39.5 Å². The summed E-state index contributed by atoms with van der Waals surface area (Å²) in [6.07, 6.45) is 1.83. The zero-order valence-corrected chi connectivity index (χ0v) is 14.0. The third kappa shape index (κ3) is 4.56. The van der Waals surface area contributed by atoms with Crippen molar-refractivity contribution in [2.45, 2.75) is 6.54 Å². The van der Waals surface area contributed by atoms with Crippen LogP contribution in [0, 0.1) is 0 Å². The Morgan fingerprint density at radius 1 is 1.42 bits per heavy atom. The molecule has 0 aliphatic carbocycles. The number of piperazine rings is 1. The molecule has 6 heteroatoms. The number of thiophene rings is 1. The van der Waals surface area contributed by atoms with Crippen LogP contribution in [0.3, 0.4) is 0 Å². The zero-order valence-electron chi connectivity index (χ0n) is 10.8. The number of nitrogens with zero attached hydrogens (tertiary/aromatic N) is 2. The molecule has 0 saturated carbocycles. The normalized spacial score (nSPS) is 16.4. The Hall–Kier alpha value is -0.430. The summed E-state index contributed by atoms with van der Waals surface area (Å²) in [7, 11) is 0. The number of rotatable bonds is 4. The van der Waals surface area contributed by atoms with Gasteiger partial charge in [0.1, 0.15) is 0 Å². The fourth-order valence-corrected chi connectivity index (χ4v) is 3.83. The van der Waals surface area contributed by atoms with Crippen molar-refractivity contribution in [2.75, 3.05) is 32.7 Å². The Bertz CT molecular complexity index is 439. The molecule has 0 amide bonds. The van der Waals surface area contributed by atoms with Gasteiger partial charge in [0.15, 0.2) is 5.11 Å². The van der Waals surface area contributed by atoms with Crippen molar-refractivity contribution in [1.82, 2.24) is 15.1 Å². The highest BCUT2D eigenvalue weighted by Crippen LogP contribution is 2.23. The van der Waals surface area contributed by atoms with Gasteiger partial charge in [0.2, 0.25) is 0 Å². The molecule has 1 aromatic heterocycles.